The number of benzene rings is 3. The minimum absolute atomic E-state index is 0.0574. The van der Waals surface area contributed by atoms with Crippen molar-refractivity contribution < 1.29 is 23.4 Å². The zero-order chi connectivity index (χ0) is 27.4. The van der Waals surface area contributed by atoms with E-state index in [2.05, 4.69) is 15.3 Å². The van der Waals surface area contributed by atoms with Crippen molar-refractivity contribution in [3.05, 3.63) is 118 Å². The van der Waals surface area contributed by atoms with Gasteiger partial charge in [0.1, 0.15) is 11.3 Å². The third-order valence-electron chi connectivity index (χ3n) is 6.12. The van der Waals surface area contributed by atoms with E-state index in [1.165, 1.54) is 32.5 Å². The molecule has 5 aromatic rings. The Hall–Kier alpha value is -5.18. The quantitative estimate of drug-likeness (QED) is 0.269. The van der Waals surface area contributed by atoms with Crippen LogP contribution >= 0.6 is 0 Å². The monoisotopic (exact) mass is 525 g/mol. The van der Waals surface area contributed by atoms with Gasteiger partial charge in [-0.05, 0) is 29.8 Å². The van der Waals surface area contributed by atoms with Gasteiger partial charge in [-0.3, -0.25) is 14.6 Å². The number of ether oxygens (including phenoxy) is 3. The van der Waals surface area contributed by atoms with Gasteiger partial charge in [0.25, 0.3) is 5.91 Å². The van der Waals surface area contributed by atoms with Crippen molar-refractivity contribution in [2.75, 3.05) is 19.5 Å². The number of fused-ring (bicyclic) bond motifs is 1. The highest BCUT2D eigenvalue weighted by Gasteiger charge is 2.16. The van der Waals surface area contributed by atoms with Gasteiger partial charge < -0.3 is 24.5 Å². The van der Waals surface area contributed by atoms with Gasteiger partial charge in [0.15, 0.2) is 28.5 Å². The van der Waals surface area contributed by atoms with Crippen molar-refractivity contribution in [2.24, 2.45) is 0 Å². The van der Waals surface area contributed by atoms with E-state index < -0.39 is 17.2 Å². The lowest BCUT2D eigenvalue weighted by molar-refractivity contribution is 0.102. The highest BCUT2D eigenvalue weighted by molar-refractivity contribution is 6.04. The number of hydrogen-bond acceptors (Lipinski definition) is 6. The number of H-pyrrole nitrogens is 1. The molecule has 0 bridgehead atoms. The maximum atomic E-state index is 15.0. The van der Waals surface area contributed by atoms with Gasteiger partial charge >= 0.3 is 0 Å². The second-order valence-corrected chi connectivity index (χ2v) is 8.62. The van der Waals surface area contributed by atoms with Crippen LogP contribution in [0.25, 0.3) is 10.9 Å². The van der Waals surface area contributed by atoms with Crippen LogP contribution in [0.2, 0.25) is 0 Å². The Balaban J connectivity index is 1.35. The lowest BCUT2D eigenvalue weighted by Crippen LogP contribution is -2.24. The normalized spacial score (nSPS) is 10.7. The van der Waals surface area contributed by atoms with E-state index in [-0.39, 0.29) is 17.0 Å². The number of methoxy groups -OCH3 is 2. The Bertz CT molecular complexity index is 1720. The molecule has 1 amide bonds. The molecular weight excluding hydrogens is 501 g/mol. The van der Waals surface area contributed by atoms with Gasteiger partial charge in [0.05, 0.1) is 19.7 Å². The number of hydrogen-bond donors (Lipinski definition) is 2. The van der Waals surface area contributed by atoms with E-state index in [4.69, 9.17) is 14.2 Å². The minimum Gasteiger partial charge on any atom is -0.493 e. The lowest BCUT2D eigenvalue weighted by Gasteiger charge is -2.13. The number of nitrogens with zero attached hydrogens (tertiary/aromatic N) is 1. The second kappa shape index (κ2) is 11.1. The van der Waals surface area contributed by atoms with Gasteiger partial charge in [0, 0.05) is 53.8 Å². The van der Waals surface area contributed by atoms with E-state index >= 15 is 4.39 Å². The fourth-order valence-corrected chi connectivity index (χ4v) is 4.16. The Kier molecular flexibility index (Phi) is 7.22. The maximum Gasteiger partial charge on any atom is 0.261 e. The molecule has 39 heavy (non-hydrogen) atoms. The molecule has 0 fully saturated rings. The van der Waals surface area contributed by atoms with Crippen LogP contribution in [0, 0.1) is 5.82 Å². The number of aromatic nitrogens is 2. The molecule has 0 atom stereocenters. The van der Waals surface area contributed by atoms with E-state index in [0.717, 1.165) is 11.6 Å². The molecule has 2 heterocycles. The summed E-state index contributed by atoms with van der Waals surface area (Å²) in [5.74, 6) is -0.0728. The van der Waals surface area contributed by atoms with Crippen LogP contribution in [-0.4, -0.2) is 30.1 Å². The Morgan fingerprint density at radius 2 is 1.69 bits per heavy atom. The molecule has 0 radical (unpaired) electrons. The van der Waals surface area contributed by atoms with Crippen molar-refractivity contribution >= 4 is 22.5 Å². The van der Waals surface area contributed by atoms with Crippen molar-refractivity contribution in [1.82, 2.24) is 9.97 Å². The van der Waals surface area contributed by atoms with Crippen LogP contribution in [-0.2, 0) is 6.42 Å². The topological polar surface area (TPSA) is 103 Å². The molecule has 8 nitrogen and oxygen atoms in total. The van der Waals surface area contributed by atoms with E-state index in [1.54, 1.807) is 30.6 Å². The van der Waals surface area contributed by atoms with Gasteiger partial charge in [-0.25, -0.2) is 4.39 Å². The smallest absolute Gasteiger partial charge is 0.261 e. The predicted octanol–water partition coefficient (Wildman–Crippen LogP) is 5.71. The summed E-state index contributed by atoms with van der Waals surface area (Å²) in [6.45, 7) is 0. The first kappa shape index (κ1) is 25.5. The molecule has 0 unspecified atom stereocenters. The van der Waals surface area contributed by atoms with Crippen LogP contribution in [0.15, 0.2) is 90.1 Å². The molecule has 5 rings (SSSR count). The molecule has 0 aliphatic carbocycles. The minimum atomic E-state index is -0.704. The molecule has 0 spiro atoms. The summed E-state index contributed by atoms with van der Waals surface area (Å²) >= 11 is 0. The summed E-state index contributed by atoms with van der Waals surface area (Å²) in [4.78, 5) is 33.0. The van der Waals surface area contributed by atoms with Crippen molar-refractivity contribution in [3.8, 4) is 23.0 Å². The summed E-state index contributed by atoms with van der Waals surface area (Å²) in [5, 5.41) is 3.18. The lowest BCUT2D eigenvalue weighted by atomic mass is 10.0. The van der Waals surface area contributed by atoms with Crippen LogP contribution in [0.1, 0.15) is 21.5 Å². The third-order valence-corrected chi connectivity index (χ3v) is 6.12. The SMILES string of the molecule is COc1cc2nccc(Oc3ccc(NC(=O)c4c[nH]cc(Cc5ccccc5)c4=O)cc3F)c2cc1OC. The average molecular weight is 526 g/mol. The van der Waals surface area contributed by atoms with Crippen LogP contribution in [0.3, 0.4) is 0 Å². The maximum absolute atomic E-state index is 15.0. The number of pyridine rings is 2. The largest absolute Gasteiger partial charge is 0.493 e. The van der Waals surface area contributed by atoms with E-state index in [1.807, 2.05) is 30.3 Å². The Labute approximate surface area is 223 Å². The molecule has 0 aliphatic rings. The van der Waals surface area contributed by atoms with Crippen LogP contribution in [0.4, 0.5) is 10.1 Å². The molecular formula is C30H24FN3O5. The number of nitrogens with one attached hydrogen (secondary N) is 2. The van der Waals surface area contributed by atoms with Crippen LogP contribution in [0.5, 0.6) is 23.0 Å². The van der Waals surface area contributed by atoms with E-state index in [9.17, 15) is 9.59 Å². The van der Waals surface area contributed by atoms with Crippen molar-refractivity contribution in [3.63, 3.8) is 0 Å². The summed E-state index contributed by atoms with van der Waals surface area (Å²) in [7, 11) is 3.04. The molecule has 196 valence electrons. The number of aromatic amines is 1. The first-order chi connectivity index (χ1) is 19.0. The zero-order valence-corrected chi connectivity index (χ0v) is 21.2. The summed E-state index contributed by atoms with van der Waals surface area (Å²) in [6.07, 6.45) is 4.82. The third kappa shape index (κ3) is 5.42. The number of halogens is 1. The van der Waals surface area contributed by atoms with E-state index in [0.29, 0.717) is 40.1 Å². The standard InChI is InChI=1S/C30H24FN3O5/c1-37-27-14-21-24(15-28(27)38-2)33-11-10-25(21)39-26-9-8-20(13-23(26)31)34-30(36)22-17-32-16-19(29(22)35)12-18-6-4-3-5-7-18/h3-11,13-17H,12H2,1-2H3,(H,32,35)(H,34,36). The Morgan fingerprint density at radius 3 is 2.44 bits per heavy atom. The number of rotatable bonds is 8. The molecule has 0 aliphatic heterocycles. The first-order valence-electron chi connectivity index (χ1n) is 12.0. The molecule has 0 saturated heterocycles. The highest BCUT2D eigenvalue weighted by atomic mass is 19.1. The second-order valence-electron chi connectivity index (χ2n) is 8.62. The number of amides is 1. The zero-order valence-electron chi connectivity index (χ0n) is 21.2. The average Bonchev–Trinajstić information content (AvgIpc) is 2.95. The first-order valence-corrected chi connectivity index (χ1v) is 12.0. The highest BCUT2D eigenvalue weighted by Crippen LogP contribution is 2.37. The number of carbonyl (C=O) groups is 1. The molecule has 0 saturated carbocycles. The number of carbonyl (C=O) groups excluding carboxylic acids is 1. The van der Waals surface area contributed by atoms with Crippen molar-refractivity contribution in [1.29, 1.82) is 0 Å². The molecule has 9 heteroatoms. The predicted molar refractivity (Wildman–Crippen MR) is 146 cm³/mol. The van der Waals surface area contributed by atoms with Gasteiger partial charge in [0.2, 0.25) is 0 Å². The van der Waals surface area contributed by atoms with Gasteiger partial charge in [-0.15, -0.1) is 0 Å². The molecule has 2 aromatic heterocycles. The van der Waals surface area contributed by atoms with Gasteiger partial charge in [-0.2, -0.15) is 0 Å². The molecule has 3 aromatic carbocycles. The summed E-state index contributed by atoms with van der Waals surface area (Å²) in [5.41, 5.74) is 1.67. The summed E-state index contributed by atoms with van der Waals surface area (Å²) in [6, 6.07) is 18.5. The summed E-state index contributed by atoms with van der Waals surface area (Å²) < 4.78 is 31.6. The fourth-order valence-electron chi connectivity index (χ4n) is 4.16. The molecule has 2 N–H and O–H groups in total. The number of anilines is 1. The van der Waals surface area contributed by atoms with Crippen LogP contribution < -0.4 is 25.0 Å². The van der Waals surface area contributed by atoms with Gasteiger partial charge in [-0.1, -0.05) is 30.3 Å². The Morgan fingerprint density at radius 1 is 0.923 bits per heavy atom. The fraction of sp³-hybridized carbons (Fsp3) is 0.100. The van der Waals surface area contributed by atoms with Crippen molar-refractivity contribution in [2.45, 2.75) is 6.42 Å².